The molecule has 1 aromatic carbocycles. The fraction of sp³-hybridized carbons (Fsp3) is 0.556. The van der Waals surface area contributed by atoms with Crippen LogP contribution in [0.3, 0.4) is 0 Å². The van der Waals surface area contributed by atoms with Gasteiger partial charge in [-0.3, -0.25) is 4.79 Å². The Morgan fingerprint density at radius 1 is 1.35 bits per heavy atom. The maximum Gasteiger partial charge on any atom is 0.243 e. The van der Waals surface area contributed by atoms with Crippen molar-refractivity contribution in [3.8, 4) is 0 Å². The Hall–Kier alpha value is -1.47. The van der Waals surface area contributed by atoms with Crippen molar-refractivity contribution in [2.45, 2.75) is 19.3 Å². The van der Waals surface area contributed by atoms with Gasteiger partial charge in [0.05, 0.1) is 0 Å². The van der Waals surface area contributed by atoms with Gasteiger partial charge < -0.3 is 15.5 Å². The van der Waals surface area contributed by atoms with Crippen LogP contribution in [0.5, 0.6) is 0 Å². The van der Waals surface area contributed by atoms with E-state index in [1.165, 1.54) is 17.0 Å². The lowest BCUT2D eigenvalue weighted by Gasteiger charge is -2.28. The molecule has 146 valence electrons. The molecule has 0 atom stereocenters. The summed E-state index contributed by atoms with van der Waals surface area (Å²) in [4.78, 5) is 17.6. The number of likely N-dealkylation sites (N-methyl/N-ethyl adjacent to an activating group) is 1. The number of nitrogens with one attached hydrogen (secondary N) is 2. The van der Waals surface area contributed by atoms with Gasteiger partial charge in [-0.2, -0.15) is 11.8 Å². The third-order valence-corrected chi connectivity index (χ3v) is 4.75. The Kier molecular flexibility index (Phi) is 9.22. The fourth-order valence-electron chi connectivity index (χ4n) is 2.17. The third kappa shape index (κ3) is 7.41. The van der Waals surface area contributed by atoms with Crippen LogP contribution in [0.25, 0.3) is 0 Å². The molecule has 8 heteroatoms. The van der Waals surface area contributed by atoms with Crippen LogP contribution in [0.15, 0.2) is 23.2 Å². The summed E-state index contributed by atoms with van der Waals surface area (Å²) in [6, 6.07) is 4.43. The Morgan fingerprint density at radius 2 is 2.04 bits per heavy atom. The van der Waals surface area contributed by atoms with Crippen LogP contribution in [0.4, 0.5) is 4.39 Å². The molecule has 2 N–H and O–H groups in total. The maximum atomic E-state index is 13.3. The highest BCUT2D eigenvalue weighted by Gasteiger charge is 2.24. The minimum atomic E-state index is -0.356. The average molecular weight is 403 g/mol. The van der Waals surface area contributed by atoms with E-state index in [4.69, 9.17) is 11.6 Å². The monoisotopic (exact) mass is 402 g/mol. The molecule has 0 spiro atoms. The number of carbonyl (C=O) groups excluding carboxylic acids is 1. The highest BCUT2D eigenvalue weighted by Crippen LogP contribution is 2.29. The third-order valence-electron chi connectivity index (χ3n) is 3.83. The molecule has 0 fully saturated rings. The molecule has 1 aromatic rings. The number of aliphatic imine (C=N–C) groups is 1. The van der Waals surface area contributed by atoms with E-state index >= 15 is 0 Å². The minimum Gasteiger partial charge on any atom is -0.356 e. The van der Waals surface area contributed by atoms with Gasteiger partial charge in [0.25, 0.3) is 0 Å². The molecule has 0 aliphatic carbocycles. The molecule has 0 bridgehead atoms. The van der Waals surface area contributed by atoms with Crippen LogP contribution in [-0.2, 0) is 10.2 Å². The van der Waals surface area contributed by atoms with E-state index in [-0.39, 0.29) is 23.7 Å². The zero-order valence-electron chi connectivity index (χ0n) is 16.0. The molecular weight excluding hydrogens is 375 g/mol. The average Bonchev–Trinajstić information content (AvgIpc) is 2.56. The molecule has 26 heavy (non-hydrogen) atoms. The Balaban J connectivity index is 2.82. The summed E-state index contributed by atoms with van der Waals surface area (Å²) < 4.78 is 13.3. The standard InChI is InChI=1S/C18H28ClFN4OS/c1-18(2,14-7-6-13(20)10-15(14)19)12-23-17(21-8-9-26-5)22-11-16(25)24(3)4/h6-7,10H,8-9,11-12H2,1-5H3,(H2,21,22,23). The summed E-state index contributed by atoms with van der Waals surface area (Å²) in [5, 5.41) is 6.87. The van der Waals surface area contributed by atoms with Gasteiger partial charge in [-0.25, -0.2) is 9.38 Å². The molecule has 0 saturated heterocycles. The molecule has 0 saturated carbocycles. The number of rotatable bonds is 8. The number of hydrogen-bond acceptors (Lipinski definition) is 3. The Morgan fingerprint density at radius 3 is 2.62 bits per heavy atom. The highest BCUT2D eigenvalue weighted by atomic mass is 35.5. The molecule has 0 radical (unpaired) electrons. The molecule has 5 nitrogen and oxygen atoms in total. The fourth-order valence-corrected chi connectivity index (χ4v) is 2.90. The normalized spacial score (nSPS) is 12.0. The van der Waals surface area contributed by atoms with Crippen molar-refractivity contribution in [1.29, 1.82) is 0 Å². The van der Waals surface area contributed by atoms with Gasteiger partial charge in [0.1, 0.15) is 12.4 Å². The molecule has 0 aliphatic rings. The summed E-state index contributed by atoms with van der Waals surface area (Å²) in [6.07, 6.45) is 2.03. The summed E-state index contributed by atoms with van der Waals surface area (Å²) in [6.45, 7) is 5.37. The molecule has 1 rings (SSSR count). The smallest absolute Gasteiger partial charge is 0.243 e. The number of benzene rings is 1. The van der Waals surface area contributed by atoms with Crippen molar-refractivity contribution in [2.75, 3.05) is 45.7 Å². The second-order valence-electron chi connectivity index (χ2n) is 6.73. The predicted octanol–water partition coefficient (Wildman–Crippen LogP) is 2.74. The lowest BCUT2D eigenvalue weighted by molar-refractivity contribution is -0.127. The van der Waals surface area contributed by atoms with E-state index in [1.54, 1.807) is 31.9 Å². The van der Waals surface area contributed by atoms with Gasteiger partial charge >= 0.3 is 0 Å². The quantitative estimate of drug-likeness (QED) is 0.399. The van der Waals surface area contributed by atoms with Crippen molar-refractivity contribution in [2.24, 2.45) is 4.99 Å². The van der Waals surface area contributed by atoms with E-state index in [9.17, 15) is 9.18 Å². The van der Waals surface area contributed by atoms with Crippen molar-refractivity contribution < 1.29 is 9.18 Å². The van der Waals surface area contributed by atoms with E-state index < -0.39 is 0 Å². The van der Waals surface area contributed by atoms with Crippen LogP contribution >= 0.6 is 23.4 Å². The zero-order valence-corrected chi connectivity index (χ0v) is 17.6. The summed E-state index contributed by atoms with van der Waals surface area (Å²) in [5.74, 6) is 1.07. The number of nitrogens with zero attached hydrogens (tertiary/aromatic N) is 2. The Bertz CT molecular complexity index is 638. The maximum absolute atomic E-state index is 13.3. The largest absolute Gasteiger partial charge is 0.356 e. The van der Waals surface area contributed by atoms with Gasteiger partial charge in [-0.1, -0.05) is 31.5 Å². The lowest BCUT2D eigenvalue weighted by atomic mass is 9.84. The topological polar surface area (TPSA) is 56.7 Å². The molecular formula is C18H28ClFN4OS. The van der Waals surface area contributed by atoms with Crippen molar-refractivity contribution in [3.63, 3.8) is 0 Å². The number of guanidine groups is 1. The van der Waals surface area contributed by atoms with Crippen LogP contribution in [0, 0.1) is 5.82 Å². The second kappa shape index (κ2) is 10.6. The van der Waals surface area contributed by atoms with Crippen LogP contribution < -0.4 is 10.6 Å². The van der Waals surface area contributed by atoms with Gasteiger partial charge in [-0.05, 0) is 24.0 Å². The highest BCUT2D eigenvalue weighted by molar-refractivity contribution is 7.98. The number of thioether (sulfide) groups is 1. The van der Waals surface area contributed by atoms with Crippen LogP contribution in [0.2, 0.25) is 5.02 Å². The number of halogens is 2. The molecule has 0 aromatic heterocycles. The summed E-state index contributed by atoms with van der Waals surface area (Å²) in [5.41, 5.74) is 0.499. The van der Waals surface area contributed by atoms with E-state index in [1.807, 2.05) is 20.1 Å². The second-order valence-corrected chi connectivity index (χ2v) is 8.13. The van der Waals surface area contributed by atoms with E-state index in [2.05, 4.69) is 15.6 Å². The SMILES string of the molecule is CSCCNC(=NCC(=O)N(C)C)NCC(C)(C)c1ccc(F)cc1Cl. The molecule has 0 unspecified atom stereocenters. The molecule has 0 heterocycles. The first kappa shape index (κ1) is 22.6. The summed E-state index contributed by atoms with van der Waals surface area (Å²) >= 11 is 7.93. The van der Waals surface area contributed by atoms with Gasteiger partial charge in [0, 0.05) is 43.4 Å². The van der Waals surface area contributed by atoms with Gasteiger partial charge in [0.15, 0.2) is 5.96 Å². The Labute approximate surface area is 164 Å². The van der Waals surface area contributed by atoms with Crippen LogP contribution in [-0.4, -0.2) is 62.5 Å². The first-order valence-corrected chi connectivity index (χ1v) is 10.1. The lowest BCUT2D eigenvalue weighted by Crippen LogP contribution is -2.44. The van der Waals surface area contributed by atoms with Crippen molar-refractivity contribution >= 4 is 35.2 Å². The predicted molar refractivity (Wildman–Crippen MR) is 110 cm³/mol. The van der Waals surface area contributed by atoms with E-state index in [0.717, 1.165) is 17.9 Å². The van der Waals surface area contributed by atoms with Crippen molar-refractivity contribution in [1.82, 2.24) is 15.5 Å². The molecule has 0 aliphatic heterocycles. The number of amides is 1. The molecule has 1 amide bonds. The first-order valence-electron chi connectivity index (χ1n) is 8.34. The zero-order chi connectivity index (χ0) is 19.7. The number of hydrogen-bond donors (Lipinski definition) is 2. The summed E-state index contributed by atoms with van der Waals surface area (Å²) in [7, 11) is 3.40. The minimum absolute atomic E-state index is 0.0688. The van der Waals surface area contributed by atoms with Crippen molar-refractivity contribution in [3.05, 3.63) is 34.6 Å². The van der Waals surface area contributed by atoms with Crippen LogP contribution in [0.1, 0.15) is 19.4 Å². The number of carbonyl (C=O) groups is 1. The van der Waals surface area contributed by atoms with Gasteiger partial charge in [0.2, 0.25) is 5.91 Å². The van der Waals surface area contributed by atoms with E-state index in [0.29, 0.717) is 17.5 Å². The first-order chi connectivity index (χ1) is 12.2. The van der Waals surface area contributed by atoms with Gasteiger partial charge in [-0.15, -0.1) is 0 Å².